The van der Waals surface area contributed by atoms with Crippen molar-refractivity contribution in [2.24, 2.45) is 0 Å². The van der Waals surface area contributed by atoms with Gasteiger partial charge in [0.15, 0.2) is 5.78 Å². The summed E-state index contributed by atoms with van der Waals surface area (Å²) in [5.41, 5.74) is 5.55. The Hall–Kier alpha value is -2.71. The third kappa shape index (κ3) is 5.06. The zero-order valence-electron chi connectivity index (χ0n) is 23.3. The average Bonchev–Trinajstić information content (AvgIpc) is 3.25. The van der Waals surface area contributed by atoms with E-state index in [9.17, 15) is 10.0 Å². The highest BCUT2D eigenvalue weighted by Crippen LogP contribution is 2.46. The van der Waals surface area contributed by atoms with Gasteiger partial charge in [-0.3, -0.25) is 4.79 Å². The maximum Gasteiger partial charge on any atom is 0.195 e. The monoisotopic (exact) mass is 506 g/mol. The number of aromatic nitrogens is 1. The summed E-state index contributed by atoms with van der Waals surface area (Å²) in [6, 6.07) is 11.6. The molecule has 0 bridgehead atoms. The van der Waals surface area contributed by atoms with Crippen LogP contribution < -0.4 is 10.2 Å². The molecule has 0 radical (unpaired) electrons. The molecule has 4 rings (SSSR count). The number of fused-ring (bicyclic) bond motifs is 4. The van der Waals surface area contributed by atoms with E-state index < -0.39 is 5.41 Å². The molecule has 2 N–H and O–H groups in total. The highest BCUT2D eigenvalue weighted by atomic mass is 16.5. The first-order valence-corrected chi connectivity index (χ1v) is 13.7. The number of nitrogens with zero attached hydrogens (tertiary/aromatic N) is 3. The highest BCUT2D eigenvalue weighted by Gasteiger charge is 2.41. The van der Waals surface area contributed by atoms with Crippen molar-refractivity contribution in [3.05, 3.63) is 64.0 Å². The zero-order chi connectivity index (χ0) is 26.7. The van der Waals surface area contributed by atoms with Gasteiger partial charge in [-0.15, -0.1) is 0 Å². The fourth-order valence-corrected chi connectivity index (χ4v) is 5.76. The molecule has 2 aromatic carbocycles. The Labute approximate surface area is 221 Å². The van der Waals surface area contributed by atoms with Gasteiger partial charge >= 0.3 is 0 Å². The topological polar surface area (TPSA) is 77.4 Å². The second-order valence-electron chi connectivity index (χ2n) is 10.3. The third-order valence-electron chi connectivity index (χ3n) is 8.06. The number of benzene rings is 2. The van der Waals surface area contributed by atoms with Gasteiger partial charge in [0.25, 0.3) is 0 Å². The summed E-state index contributed by atoms with van der Waals surface area (Å²) in [5.74, 6) is 0.841. The number of quaternary nitrogens is 1. The van der Waals surface area contributed by atoms with Crippen molar-refractivity contribution in [2.45, 2.75) is 53.5 Å². The van der Waals surface area contributed by atoms with E-state index in [1.54, 1.807) is 0 Å². The van der Waals surface area contributed by atoms with E-state index in [0.29, 0.717) is 12.3 Å². The number of nitrogens with two attached hydrogens (primary N) is 1. The number of ketones is 1. The molecule has 0 saturated carbocycles. The van der Waals surface area contributed by atoms with Crippen LogP contribution in [0, 0.1) is 5.21 Å². The van der Waals surface area contributed by atoms with Gasteiger partial charge in [-0.1, -0.05) is 41.5 Å². The van der Waals surface area contributed by atoms with Crippen molar-refractivity contribution in [1.82, 2.24) is 14.4 Å². The van der Waals surface area contributed by atoms with Gasteiger partial charge in [-0.25, -0.2) is 0 Å². The Bertz CT molecular complexity index is 1260. The summed E-state index contributed by atoms with van der Waals surface area (Å²) in [7, 11) is 0. The Balaban J connectivity index is 1.79. The molecule has 0 aliphatic heterocycles. The van der Waals surface area contributed by atoms with E-state index in [0.717, 1.165) is 90.3 Å². The molecule has 1 aromatic heterocycles. The predicted octanol–water partition coefficient (Wildman–Crippen LogP) is 4.27. The molecule has 0 unspecified atom stereocenters. The minimum Gasteiger partial charge on any atom is -0.630 e. The van der Waals surface area contributed by atoms with Gasteiger partial charge in [0, 0.05) is 53.8 Å². The Kier molecular flexibility index (Phi) is 8.39. The van der Waals surface area contributed by atoms with Crippen molar-refractivity contribution >= 4 is 22.4 Å². The first-order valence-electron chi connectivity index (χ1n) is 13.7. The van der Waals surface area contributed by atoms with Gasteiger partial charge in [0.1, 0.15) is 18.0 Å². The first-order chi connectivity index (χ1) is 17.8. The summed E-state index contributed by atoms with van der Waals surface area (Å²) in [6.07, 6.45) is 0. The van der Waals surface area contributed by atoms with Crippen LogP contribution in [-0.4, -0.2) is 66.0 Å². The fourth-order valence-electron chi connectivity index (χ4n) is 5.76. The van der Waals surface area contributed by atoms with E-state index in [4.69, 9.17) is 4.74 Å². The lowest BCUT2D eigenvalue weighted by molar-refractivity contribution is -0.497. The fraction of sp³-hybridized carbons (Fsp3) is 0.500. The standard InChI is InChI=1S/C30H42N4O3/c1-7-32(8-2)15-16-34-26-19-21(31-36)11-13-24(26)27-28(35)23-14-12-22(37-18-17-33(9-3)10-4)20-25(23)30(5,6)29(27)34/h11-14,19-20H,7-10,15-18,31H2,1-6H3. The van der Waals surface area contributed by atoms with Crippen molar-refractivity contribution in [3.8, 4) is 5.75 Å². The molecule has 37 heavy (non-hydrogen) atoms. The molecule has 1 aliphatic rings. The number of rotatable bonds is 12. The summed E-state index contributed by atoms with van der Waals surface area (Å²) >= 11 is 0. The number of carbonyl (C=O) groups is 1. The second kappa shape index (κ2) is 11.4. The van der Waals surface area contributed by atoms with E-state index in [2.05, 4.69) is 62.0 Å². The molecule has 1 heterocycles. The number of carbonyl (C=O) groups excluding carboxylic acids is 1. The quantitative estimate of drug-likeness (QED) is 0.293. The molecule has 0 amide bonds. The minimum atomic E-state index is -0.416. The van der Waals surface area contributed by atoms with Crippen LogP contribution >= 0.6 is 0 Å². The van der Waals surface area contributed by atoms with Crippen LogP contribution in [0.5, 0.6) is 5.75 Å². The normalized spacial score (nSPS) is 14.5. The third-order valence-corrected chi connectivity index (χ3v) is 8.06. The lowest BCUT2D eigenvalue weighted by atomic mass is 9.71. The second-order valence-corrected chi connectivity index (χ2v) is 10.3. The van der Waals surface area contributed by atoms with Crippen LogP contribution in [0.2, 0.25) is 0 Å². The van der Waals surface area contributed by atoms with Gasteiger partial charge in [-0.2, -0.15) is 0 Å². The summed E-state index contributed by atoms with van der Waals surface area (Å²) < 4.78 is 8.43. The maximum atomic E-state index is 14.0. The largest absolute Gasteiger partial charge is 0.630 e. The van der Waals surface area contributed by atoms with Crippen LogP contribution in [0.1, 0.15) is 68.7 Å². The Morgan fingerprint density at radius 3 is 2.27 bits per heavy atom. The first kappa shape index (κ1) is 27.3. The van der Waals surface area contributed by atoms with Crippen molar-refractivity contribution in [2.75, 3.05) is 45.9 Å². The zero-order valence-corrected chi connectivity index (χ0v) is 23.3. The lowest BCUT2D eigenvalue weighted by Crippen LogP contribution is -2.70. The Morgan fingerprint density at radius 1 is 0.946 bits per heavy atom. The molecular weight excluding hydrogens is 464 g/mol. The predicted molar refractivity (Wildman–Crippen MR) is 150 cm³/mol. The number of hydrogen-bond acceptors (Lipinski definition) is 5. The van der Waals surface area contributed by atoms with Crippen molar-refractivity contribution < 1.29 is 15.0 Å². The number of likely N-dealkylation sites (N-methyl/N-ethyl adjacent to an activating group) is 2. The summed E-state index contributed by atoms with van der Waals surface area (Å²) in [5, 5.41) is 12.6. The molecule has 200 valence electrons. The lowest BCUT2D eigenvalue weighted by Gasteiger charge is -2.35. The molecule has 7 heteroatoms. The van der Waals surface area contributed by atoms with Crippen LogP contribution in [0.15, 0.2) is 36.4 Å². The summed E-state index contributed by atoms with van der Waals surface area (Å²) in [4.78, 5) is 18.7. The van der Waals surface area contributed by atoms with Gasteiger partial charge in [0.2, 0.25) is 0 Å². The van der Waals surface area contributed by atoms with Crippen molar-refractivity contribution in [1.29, 1.82) is 0 Å². The highest BCUT2D eigenvalue weighted by molar-refractivity contribution is 6.20. The van der Waals surface area contributed by atoms with Crippen LogP contribution in [-0.2, 0) is 12.0 Å². The van der Waals surface area contributed by atoms with E-state index in [1.165, 1.54) is 0 Å². The molecule has 0 fully saturated rings. The van der Waals surface area contributed by atoms with Gasteiger partial charge < -0.3 is 29.8 Å². The SMILES string of the molecule is CCN(CC)CCOc1ccc2c(c1)C(C)(C)c1c(c3ccc([NH2+][O-])cc3n1CCN(CC)CC)C2=O. The molecule has 1 aliphatic carbocycles. The van der Waals surface area contributed by atoms with Crippen LogP contribution in [0.3, 0.4) is 0 Å². The van der Waals surface area contributed by atoms with Crippen LogP contribution in [0.4, 0.5) is 5.69 Å². The number of hydrogen-bond donors (Lipinski definition) is 1. The molecule has 0 saturated heterocycles. The van der Waals surface area contributed by atoms with E-state index >= 15 is 0 Å². The average molecular weight is 507 g/mol. The van der Waals surface area contributed by atoms with Gasteiger partial charge in [0.05, 0.1) is 11.1 Å². The molecule has 0 atom stereocenters. The molecule has 0 spiro atoms. The van der Waals surface area contributed by atoms with E-state index in [1.807, 2.05) is 30.3 Å². The smallest absolute Gasteiger partial charge is 0.195 e. The molecular formula is C30H42N4O3. The molecule has 3 aromatic rings. The summed E-state index contributed by atoms with van der Waals surface area (Å²) in [6.45, 7) is 20.1. The maximum absolute atomic E-state index is 14.0. The van der Waals surface area contributed by atoms with Crippen molar-refractivity contribution in [3.63, 3.8) is 0 Å². The molecule has 7 nitrogen and oxygen atoms in total. The minimum absolute atomic E-state index is 0.0458. The Morgan fingerprint density at radius 2 is 1.62 bits per heavy atom. The number of ether oxygens (including phenoxy) is 1. The van der Waals surface area contributed by atoms with E-state index in [-0.39, 0.29) is 5.78 Å². The van der Waals surface area contributed by atoms with Crippen LogP contribution in [0.25, 0.3) is 10.9 Å². The van der Waals surface area contributed by atoms with Gasteiger partial charge in [-0.05, 0) is 56.0 Å².